The number of piperazine rings is 1. The van der Waals surface area contributed by atoms with Gasteiger partial charge < -0.3 is 4.90 Å². The van der Waals surface area contributed by atoms with Gasteiger partial charge in [0.1, 0.15) is 5.82 Å². The van der Waals surface area contributed by atoms with Crippen LogP contribution >= 0.6 is 0 Å². The van der Waals surface area contributed by atoms with E-state index in [1.54, 1.807) is 28.6 Å². The second kappa shape index (κ2) is 9.00. The van der Waals surface area contributed by atoms with Crippen molar-refractivity contribution in [3.05, 3.63) is 71.4 Å². The minimum absolute atomic E-state index is 0.267. The minimum atomic E-state index is -3.48. The highest BCUT2D eigenvalue weighted by Crippen LogP contribution is 2.32. The Morgan fingerprint density at radius 3 is 2.06 bits per heavy atom. The molecule has 1 aliphatic heterocycles. The van der Waals surface area contributed by atoms with Crippen molar-refractivity contribution in [3.8, 4) is 11.4 Å². The first kappa shape index (κ1) is 22.4. The summed E-state index contributed by atoms with van der Waals surface area (Å²) in [5, 5.41) is 0. The number of anilines is 1. The largest absolute Gasteiger partial charge is 0.354 e. The second-order valence-corrected chi connectivity index (χ2v) is 10.5. The smallest absolute Gasteiger partial charge is 0.243 e. The molecule has 0 aliphatic carbocycles. The van der Waals surface area contributed by atoms with Crippen molar-refractivity contribution in [1.82, 2.24) is 14.3 Å². The third kappa shape index (κ3) is 4.40. The number of sulfonamides is 1. The molecule has 1 saturated heterocycles. The summed E-state index contributed by atoms with van der Waals surface area (Å²) in [6.07, 6.45) is 0. The number of aromatic nitrogens is 2. The topological polar surface area (TPSA) is 66.4 Å². The maximum absolute atomic E-state index is 13.0. The van der Waals surface area contributed by atoms with E-state index in [2.05, 4.69) is 37.8 Å². The van der Waals surface area contributed by atoms with E-state index in [1.807, 2.05) is 25.1 Å². The molecule has 0 unspecified atom stereocenters. The molecule has 2 heterocycles. The molecule has 32 heavy (non-hydrogen) atoms. The summed E-state index contributed by atoms with van der Waals surface area (Å²) in [4.78, 5) is 12.3. The zero-order valence-electron chi connectivity index (χ0n) is 19.1. The third-order valence-corrected chi connectivity index (χ3v) is 7.84. The molecular weight excluding hydrogens is 420 g/mol. The number of rotatable bonds is 5. The highest BCUT2D eigenvalue weighted by molar-refractivity contribution is 7.89. The van der Waals surface area contributed by atoms with Crippen molar-refractivity contribution < 1.29 is 8.42 Å². The van der Waals surface area contributed by atoms with E-state index >= 15 is 0 Å². The average Bonchev–Trinajstić information content (AvgIpc) is 2.79. The number of benzene rings is 2. The zero-order valence-corrected chi connectivity index (χ0v) is 19.9. The van der Waals surface area contributed by atoms with Crippen molar-refractivity contribution in [1.29, 1.82) is 0 Å². The van der Waals surface area contributed by atoms with E-state index in [0.717, 1.165) is 22.6 Å². The summed E-state index contributed by atoms with van der Waals surface area (Å²) < 4.78 is 27.6. The van der Waals surface area contributed by atoms with Crippen molar-refractivity contribution in [2.24, 2.45) is 0 Å². The Morgan fingerprint density at radius 2 is 1.47 bits per heavy atom. The van der Waals surface area contributed by atoms with Gasteiger partial charge in [-0.3, -0.25) is 0 Å². The van der Waals surface area contributed by atoms with Crippen molar-refractivity contribution in [2.45, 2.75) is 38.5 Å². The van der Waals surface area contributed by atoms with Gasteiger partial charge in [-0.1, -0.05) is 61.9 Å². The highest BCUT2D eigenvalue weighted by Gasteiger charge is 2.30. The van der Waals surface area contributed by atoms with E-state index in [4.69, 9.17) is 9.97 Å². The molecule has 0 spiro atoms. The van der Waals surface area contributed by atoms with Gasteiger partial charge in [0.2, 0.25) is 10.0 Å². The lowest BCUT2D eigenvalue weighted by Crippen LogP contribution is -2.49. The molecule has 0 amide bonds. The van der Waals surface area contributed by atoms with Gasteiger partial charge in [0.05, 0.1) is 4.90 Å². The van der Waals surface area contributed by atoms with E-state index in [-0.39, 0.29) is 5.92 Å². The van der Waals surface area contributed by atoms with Gasteiger partial charge in [0, 0.05) is 43.0 Å². The summed E-state index contributed by atoms with van der Waals surface area (Å²) in [6.45, 7) is 10.4. The van der Waals surface area contributed by atoms with Crippen molar-refractivity contribution >= 4 is 15.8 Å². The van der Waals surface area contributed by atoms with Crippen LogP contribution in [0, 0.1) is 13.8 Å². The molecule has 1 aromatic heterocycles. The first-order valence-corrected chi connectivity index (χ1v) is 12.5. The fourth-order valence-corrected chi connectivity index (χ4v) is 5.64. The number of aryl methyl sites for hydroxylation is 2. The van der Waals surface area contributed by atoms with E-state index in [9.17, 15) is 8.42 Å². The molecular formula is C25H30N4O2S. The Balaban J connectivity index is 1.63. The van der Waals surface area contributed by atoms with Crippen LogP contribution in [-0.4, -0.2) is 48.9 Å². The SMILES string of the molecule is Cc1ccc(-c2nc(C)c(C(C)C)c(N3CCN(S(=O)(=O)c4ccccc4)CC3)n2)cc1. The predicted molar refractivity (Wildman–Crippen MR) is 128 cm³/mol. The van der Waals surface area contributed by atoms with Crippen LogP contribution in [0.25, 0.3) is 11.4 Å². The quantitative estimate of drug-likeness (QED) is 0.577. The van der Waals surface area contributed by atoms with Crippen molar-refractivity contribution in [3.63, 3.8) is 0 Å². The lowest BCUT2D eigenvalue weighted by molar-refractivity contribution is 0.383. The van der Waals surface area contributed by atoms with Crippen LogP contribution in [0.4, 0.5) is 5.82 Å². The van der Waals surface area contributed by atoms with E-state index < -0.39 is 10.0 Å². The monoisotopic (exact) mass is 450 g/mol. The summed E-state index contributed by atoms with van der Waals surface area (Å²) in [5.74, 6) is 1.89. The van der Waals surface area contributed by atoms with Gasteiger partial charge in [0.25, 0.3) is 0 Å². The Morgan fingerprint density at radius 1 is 0.844 bits per heavy atom. The molecule has 1 aliphatic rings. The van der Waals surface area contributed by atoms with Crippen LogP contribution in [0.2, 0.25) is 0 Å². The van der Waals surface area contributed by atoms with Gasteiger partial charge in [-0.25, -0.2) is 18.4 Å². The van der Waals surface area contributed by atoms with Gasteiger partial charge in [-0.2, -0.15) is 4.31 Å². The first-order chi connectivity index (χ1) is 15.3. The molecule has 0 atom stereocenters. The fourth-order valence-electron chi connectivity index (χ4n) is 4.20. The van der Waals surface area contributed by atoms with E-state index in [0.29, 0.717) is 36.9 Å². The first-order valence-electron chi connectivity index (χ1n) is 11.0. The van der Waals surface area contributed by atoms with Crippen LogP contribution in [0.5, 0.6) is 0 Å². The Bertz CT molecular complexity index is 1180. The molecule has 7 heteroatoms. The standard InChI is InChI=1S/C25H30N4O2S/c1-18(2)23-20(4)26-24(21-12-10-19(3)11-13-21)27-25(23)28-14-16-29(17-15-28)32(30,31)22-8-6-5-7-9-22/h5-13,18H,14-17H2,1-4H3. The molecule has 4 rings (SSSR count). The minimum Gasteiger partial charge on any atom is -0.354 e. The molecule has 0 N–H and O–H groups in total. The van der Waals surface area contributed by atoms with Crippen LogP contribution in [0.15, 0.2) is 59.5 Å². The average molecular weight is 451 g/mol. The number of nitrogens with zero attached hydrogens (tertiary/aromatic N) is 4. The van der Waals surface area contributed by atoms with Crippen LogP contribution in [0.1, 0.15) is 36.6 Å². The lowest BCUT2D eigenvalue weighted by atomic mass is 10.0. The maximum Gasteiger partial charge on any atom is 0.243 e. The molecule has 0 saturated carbocycles. The molecule has 0 radical (unpaired) electrons. The summed E-state index contributed by atoms with van der Waals surface area (Å²) in [7, 11) is -3.48. The fraction of sp³-hybridized carbons (Fsp3) is 0.360. The second-order valence-electron chi connectivity index (χ2n) is 8.59. The number of hydrogen-bond acceptors (Lipinski definition) is 5. The molecule has 3 aromatic rings. The van der Waals surface area contributed by atoms with E-state index in [1.165, 1.54) is 5.56 Å². The normalized spacial score (nSPS) is 15.3. The zero-order chi connectivity index (χ0) is 22.9. The third-order valence-electron chi connectivity index (χ3n) is 5.92. The van der Waals surface area contributed by atoms with Crippen molar-refractivity contribution in [2.75, 3.05) is 31.1 Å². The molecule has 6 nitrogen and oxygen atoms in total. The maximum atomic E-state index is 13.0. The molecule has 2 aromatic carbocycles. The Kier molecular flexibility index (Phi) is 6.31. The Hall–Kier alpha value is -2.77. The van der Waals surface area contributed by atoms with Gasteiger partial charge >= 0.3 is 0 Å². The molecule has 1 fully saturated rings. The predicted octanol–water partition coefficient (Wildman–Crippen LogP) is 4.39. The van der Waals surface area contributed by atoms with Crippen LogP contribution in [0.3, 0.4) is 0 Å². The van der Waals surface area contributed by atoms with Crippen LogP contribution < -0.4 is 4.90 Å². The van der Waals surface area contributed by atoms with Gasteiger partial charge in [0.15, 0.2) is 5.82 Å². The number of hydrogen-bond donors (Lipinski definition) is 0. The summed E-state index contributed by atoms with van der Waals surface area (Å²) in [5.41, 5.74) is 4.28. The molecule has 168 valence electrons. The lowest BCUT2D eigenvalue weighted by Gasteiger charge is -2.36. The van der Waals surface area contributed by atoms with Crippen LogP contribution in [-0.2, 0) is 10.0 Å². The van der Waals surface area contributed by atoms with Gasteiger partial charge in [-0.15, -0.1) is 0 Å². The Labute approximate surface area is 191 Å². The van der Waals surface area contributed by atoms with Gasteiger partial charge in [-0.05, 0) is 31.9 Å². The summed E-state index contributed by atoms with van der Waals surface area (Å²) >= 11 is 0. The molecule has 0 bridgehead atoms. The summed E-state index contributed by atoms with van der Waals surface area (Å²) in [6, 6.07) is 16.9. The highest BCUT2D eigenvalue weighted by atomic mass is 32.2.